The number of hydrogen-bond acceptors (Lipinski definition) is 3. The Hall–Kier alpha value is -6.64. The van der Waals surface area contributed by atoms with Crippen LogP contribution in [-0.4, -0.2) is 14.1 Å². The Balaban J connectivity index is 1.19. The molecule has 4 heterocycles. The standard InChI is InChI=1S/C42H24N4O/c43-25-26-17-20-38-36(22-26)31-12-1-3-15-37(31)45(38)29-10-5-8-27(23-29)28-9-6-11-30(24-28)46-40-33(35-14-7-21-44-42(35)46)18-19-34-32-13-2-4-16-39(32)47-41(34)40/h1-24H. The van der Waals surface area contributed by atoms with E-state index in [-0.39, 0.29) is 0 Å². The number of pyridine rings is 1. The molecule has 0 saturated carbocycles. The van der Waals surface area contributed by atoms with E-state index < -0.39 is 0 Å². The highest BCUT2D eigenvalue weighted by Crippen LogP contribution is 2.40. The van der Waals surface area contributed by atoms with Crippen LogP contribution in [0.15, 0.2) is 150 Å². The van der Waals surface area contributed by atoms with Crippen molar-refractivity contribution in [3.8, 4) is 28.6 Å². The molecule has 47 heavy (non-hydrogen) atoms. The molecule has 4 aromatic heterocycles. The van der Waals surface area contributed by atoms with Gasteiger partial charge in [0.2, 0.25) is 0 Å². The highest BCUT2D eigenvalue weighted by atomic mass is 16.3. The van der Waals surface area contributed by atoms with Crippen LogP contribution in [0.4, 0.5) is 0 Å². The molecule has 0 aliphatic rings. The Bertz CT molecular complexity index is 2930. The van der Waals surface area contributed by atoms with Crippen molar-refractivity contribution < 1.29 is 4.42 Å². The maximum Gasteiger partial charge on any atom is 0.160 e. The van der Waals surface area contributed by atoms with Gasteiger partial charge in [0.25, 0.3) is 0 Å². The SMILES string of the molecule is N#Cc1ccc2c(c1)c1ccccc1n2-c1cccc(-c2cccc(-n3c4ncccc4c4ccc5c6ccccc6oc5c43)c2)c1. The molecule has 0 N–H and O–H groups in total. The molecule has 10 aromatic rings. The fourth-order valence-corrected chi connectivity index (χ4v) is 7.33. The van der Waals surface area contributed by atoms with Gasteiger partial charge in [-0.2, -0.15) is 5.26 Å². The lowest BCUT2D eigenvalue weighted by atomic mass is 10.0. The first-order valence-electron chi connectivity index (χ1n) is 15.6. The topological polar surface area (TPSA) is 59.7 Å². The van der Waals surface area contributed by atoms with E-state index in [1.54, 1.807) is 0 Å². The van der Waals surface area contributed by atoms with E-state index in [0.29, 0.717) is 5.56 Å². The highest BCUT2D eigenvalue weighted by molar-refractivity contribution is 6.21. The van der Waals surface area contributed by atoms with Crippen molar-refractivity contribution >= 4 is 65.7 Å². The van der Waals surface area contributed by atoms with Crippen LogP contribution in [0.5, 0.6) is 0 Å². The molecule has 218 valence electrons. The molecule has 0 spiro atoms. The molecule has 5 nitrogen and oxygen atoms in total. The Morgan fingerprint density at radius 1 is 0.532 bits per heavy atom. The first-order valence-corrected chi connectivity index (χ1v) is 15.6. The second-order valence-corrected chi connectivity index (χ2v) is 11.9. The van der Waals surface area contributed by atoms with Crippen molar-refractivity contribution in [2.45, 2.75) is 0 Å². The van der Waals surface area contributed by atoms with Crippen LogP contribution >= 0.6 is 0 Å². The summed E-state index contributed by atoms with van der Waals surface area (Å²) in [5.41, 5.74) is 10.8. The molecule has 0 saturated heterocycles. The first kappa shape index (κ1) is 25.7. The van der Waals surface area contributed by atoms with E-state index in [1.807, 2.05) is 36.5 Å². The minimum atomic E-state index is 0.658. The van der Waals surface area contributed by atoms with Crippen LogP contribution in [0, 0.1) is 11.3 Å². The van der Waals surface area contributed by atoms with Crippen LogP contribution < -0.4 is 0 Å². The number of rotatable bonds is 3. The van der Waals surface area contributed by atoms with Gasteiger partial charge in [0.15, 0.2) is 5.58 Å². The number of benzene rings is 6. The number of para-hydroxylation sites is 2. The quantitative estimate of drug-likeness (QED) is 0.203. The highest BCUT2D eigenvalue weighted by Gasteiger charge is 2.20. The number of furan rings is 1. The monoisotopic (exact) mass is 600 g/mol. The summed E-state index contributed by atoms with van der Waals surface area (Å²) >= 11 is 0. The van der Waals surface area contributed by atoms with Gasteiger partial charge >= 0.3 is 0 Å². The third kappa shape index (κ3) is 3.67. The van der Waals surface area contributed by atoms with Crippen LogP contribution in [0.3, 0.4) is 0 Å². The van der Waals surface area contributed by atoms with Gasteiger partial charge in [-0.15, -0.1) is 0 Å². The summed E-state index contributed by atoms with van der Waals surface area (Å²) in [6.45, 7) is 0. The van der Waals surface area contributed by atoms with Gasteiger partial charge in [0.1, 0.15) is 11.2 Å². The lowest BCUT2D eigenvalue weighted by molar-refractivity contribution is 0.671. The minimum absolute atomic E-state index is 0.658. The smallest absolute Gasteiger partial charge is 0.160 e. The van der Waals surface area contributed by atoms with E-state index in [0.717, 1.165) is 88.2 Å². The van der Waals surface area contributed by atoms with E-state index >= 15 is 0 Å². The molecule has 0 unspecified atom stereocenters. The van der Waals surface area contributed by atoms with Gasteiger partial charge in [-0.1, -0.05) is 66.7 Å². The fourth-order valence-electron chi connectivity index (χ4n) is 7.33. The average Bonchev–Trinajstić information content (AvgIpc) is 3.79. The second kappa shape index (κ2) is 9.68. The maximum absolute atomic E-state index is 9.58. The van der Waals surface area contributed by atoms with Gasteiger partial charge in [-0.05, 0) is 83.9 Å². The summed E-state index contributed by atoms with van der Waals surface area (Å²) in [5.74, 6) is 0. The summed E-state index contributed by atoms with van der Waals surface area (Å²) < 4.78 is 11.1. The molecule has 0 aliphatic heterocycles. The molecule has 10 rings (SSSR count). The lowest BCUT2D eigenvalue weighted by Crippen LogP contribution is -1.97. The van der Waals surface area contributed by atoms with Gasteiger partial charge < -0.3 is 8.98 Å². The Labute approximate surface area is 268 Å². The second-order valence-electron chi connectivity index (χ2n) is 11.9. The molecule has 0 amide bonds. The number of fused-ring (bicyclic) bond motifs is 10. The van der Waals surface area contributed by atoms with Crippen molar-refractivity contribution in [3.05, 3.63) is 151 Å². The predicted molar refractivity (Wildman–Crippen MR) is 190 cm³/mol. The molecule has 0 fully saturated rings. The first-order chi connectivity index (χ1) is 23.3. The summed E-state index contributed by atoms with van der Waals surface area (Å²) in [7, 11) is 0. The van der Waals surface area contributed by atoms with Crippen molar-refractivity contribution in [2.24, 2.45) is 0 Å². The molecular formula is C42H24N4O. The Morgan fingerprint density at radius 2 is 1.23 bits per heavy atom. The summed E-state index contributed by atoms with van der Waals surface area (Å²) in [6.07, 6.45) is 1.85. The van der Waals surface area contributed by atoms with Crippen LogP contribution in [0.2, 0.25) is 0 Å². The van der Waals surface area contributed by atoms with E-state index in [1.165, 1.54) is 0 Å². The lowest BCUT2D eigenvalue weighted by Gasteiger charge is -2.12. The van der Waals surface area contributed by atoms with Crippen molar-refractivity contribution in [1.82, 2.24) is 14.1 Å². The summed E-state index contributed by atoms with van der Waals surface area (Å²) in [6, 6.07) is 50.6. The van der Waals surface area contributed by atoms with Crippen molar-refractivity contribution in [2.75, 3.05) is 0 Å². The Kier molecular flexibility index (Phi) is 5.28. The van der Waals surface area contributed by atoms with E-state index in [2.05, 4.69) is 124 Å². The molecular weight excluding hydrogens is 576 g/mol. The minimum Gasteiger partial charge on any atom is -0.454 e. The number of hydrogen-bond donors (Lipinski definition) is 0. The molecule has 0 aliphatic carbocycles. The maximum atomic E-state index is 9.58. The zero-order chi connectivity index (χ0) is 31.1. The fraction of sp³-hybridized carbons (Fsp3) is 0. The van der Waals surface area contributed by atoms with E-state index in [9.17, 15) is 5.26 Å². The molecule has 0 radical (unpaired) electrons. The van der Waals surface area contributed by atoms with Gasteiger partial charge in [0.05, 0.1) is 28.2 Å². The molecule has 5 heteroatoms. The Morgan fingerprint density at radius 3 is 2.06 bits per heavy atom. The number of aromatic nitrogens is 3. The summed E-state index contributed by atoms with van der Waals surface area (Å²) in [5, 5.41) is 16.2. The third-order valence-electron chi connectivity index (χ3n) is 9.38. The van der Waals surface area contributed by atoms with Crippen LogP contribution in [0.25, 0.3) is 88.2 Å². The predicted octanol–water partition coefficient (Wildman–Crippen LogP) is 10.7. The average molecular weight is 601 g/mol. The zero-order valence-electron chi connectivity index (χ0n) is 25.1. The number of nitrogens with zero attached hydrogens (tertiary/aromatic N) is 4. The molecule has 6 aromatic carbocycles. The van der Waals surface area contributed by atoms with Crippen LogP contribution in [-0.2, 0) is 0 Å². The van der Waals surface area contributed by atoms with Crippen molar-refractivity contribution in [1.29, 1.82) is 5.26 Å². The normalized spacial score (nSPS) is 11.8. The molecule has 0 bridgehead atoms. The summed E-state index contributed by atoms with van der Waals surface area (Å²) in [4.78, 5) is 4.87. The van der Waals surface area contributed by atoms with Crippen LogP contribution in [0.1, 0.15) is 5.56 Å². The van der Waals surface area contributed by atoms with Gasteiger partial charge in [-0.3, -0.25) is 4.57 Å². The van der Waals surface area contributed by atoms with Gasteiger partial charge in [0, 0.05) is 49.9 Å². The third-order valence-corrected chi connectivity index (χ3v) is 9.38. The largest absolute Gasteiger partial charge is 0.454 e. The number of nitriles is 1. The van der Waals surface area contributed by atoms with Crippen molar-refractivity contribution in [3.63, 3.8) is 0 Å². The van der Waals surface area contributed by atoms with E-state index in [4.69, 9.17) is 9.40 Å². The molecule has 0 atom stereocenters. The zero-order valence-corrected chi connectivity index (χ0v) is 25.1. The van der Waals surface area contributed by atoms with Gasteiger partial charge in [-0.25, -0.2) is 4.98 Å².